The van der Waals surface area contributed by atoms with E-state index in [2.05, 4.69) is 84.6 Å². The Hall–Kier alpha value is -3.46. The van der Waals surface area contributed by atoms with Crippen molar-refractivity contribution in [1.82, 2.24) is 0 Å². The minimum absolute atomic E-state index is 0.144. The Labute approximate surface area is 166 Å². The summed E-state index contributed by atoms with van der Waals surface area (Å²) in [5, 5.41) is 0. The van der Waals surface area contributed by atoms with Crippen LogP contribution in [0.2, 0.25) is 0 Å². The molecule has 0 unspecified atom stereocenters. The van der Waals surface area contributed by atoms with Crippen LogP contribution in [-0.4, -0.2) is 6.92 Å². The molecule has 2 nitrogen and oxygen atoms in total. The molecule has 134 valence electrons. The Morgan fingerprint density at radius 1 is 0.643 bits per heavy atom. The van der Waals surface area contributed by atoms with Crippen molar-refractivity contribution in [2.24, 2.45) is 0 Å². The molecular formula is C25H20BNO. The smallest absolute Gasteiger partial charge is 0.431 e. The quantitative estimate of drug-likeness (QED) is 0.478. The molecule has 1 aliphatic heterocycles. The lowest BCUT2D eigenvalue weighted by Gasteiger charge is -2.37. The molecule has 0 fully saturated rings. The molecule has 1 heterocycles. The summed E-state index contributed by atoms with van der Waals surface area (Å²) < 4.78 is 6.55. The Balaban J connectivity index is 1.74. The number of anilines is 3. The Morgan fingerprint density at radius 3 is 2.07 bits per heavy atom. The molecule has 0 N–H and O–H groups in total. The van der Waals surface area contributed by atoms with Crippen molar-refractivity contribution in [2.75, 3.05) is 4.90 Å². The SMILES string of the molecule is Cc1cccc2c1B(Oc1ccccc1)c1ccccc1N2c1ccccc1. The lowest BCUT2D eigenvalue weighted by molar-refractivity contribution is 0.591. The van der Waals surface area contributed by atoms with E-state index in [1.54, 1.807) is 0 Å². The number of rotatable bonds is 3. The first-order chi connectivity index (χ1) is 13.8. The number of para-hydroxylation sites is 3. The molecule has 0 radical (unpaired) electrons. The van der Waals surface area contributed by atoms with Crippen LogP contribution in [0.3, 0.4) is 0 Å². The average molecular weight is 361 g/mol. The highest BCUT2D eigenvalue weighted by molar-refractivity contribution is 6.84. The largest absolute Gasteiger partial charge is 0.551 e. The van der Waals surface area contributed by atoms with Gasteiger partial charge in [-0.1, -0.05) is 72.3 Å². The third-order valence-electron chi connectivity index (χ3n) is 5.28. The number of nitrogens with zero attached hydrogens (tertiary/aromatic N) is 1. The lowest BCUT2D eigenvalue weighted by Crippen LogP contribution is -2.54. The molecule has 0 saturated heterocycles. The van der Waals surface area contributed by atoms with Crippen LogP contribution in [-0.2, 0) is 0 Å². The number of hydrogen-bond donors (Lipinski definition) is 0. The van der Waals surface area contributed by atoms with Gasteiger partial charge in [0.05, 0.1) is 5.75 Å². The average Bonchev–Trinajstić information content (AvgIpc) is 2.75. The fraction of sp³-hybridized carbons (Fsp3) is 0.0400. The summed E-state index contributed by atoms with van der Waals surface area (Å²) in [5.74, 6) is 0.879. The molecule has 0 saturated carbocycles. The highest BCUT2D eigenvalue weighted by atomic mass is 16.4. The minimum Gasteiger partial charge on any atom is -0.551 e. The molecule has 28 heavy (non-hydrogen) atoms. The number of hydrogen-bond acceptors (Lipinski definition) is 2. The van der Waals surface area contributed by atoms with Gasteiger partial charge in [-0.2, -0.15) is 0 Å². The maximum atomic E-state index is 6.55. The van der Waals surface area contributed by atoms with Gasteiger partial charge < -0.3 is 9.55 Å². The van der Waals surface area contributed by atoms with Gasteiger partial charge in [0.25, 0.3) is 0 Å². The second-order valence-electron chi connectivity index (χ2n) is 7.05. The van der Waals surface area contributed by atoms with Gasteiger partial charge in [-0.05, 0) is 54.2 Å². The monoisotopic (exact) mass is 361 g/mol. The van der Waals surface area contributed by atoms with Crippen LogP contribution < -0.4 is 20.5 Å². The summed E-state index contributed by atoms with van der Waals surface area (Å²) in [6.45, 7) is 2.02. The van der Waals surface area contributed by atoms with E-state index in [0.29, 0.717) is 0 Å². The molecule has 5 rings (SSSR count). The van der Waals surface area contributed by atoms with Crippen LogP contribution in [0, 0.1) is 6.92 Å². The van der Waals surface area contributed by atoms with E-state index in [0.717, 1.165) is 17.1 Å². The highest BCUT2D eigenvalue weighted by Gasteiger charge is 2.38. The number of fused-ring (bicyclic) bond motifs is 2. The van der Waals surface area contributed by atoms with Gasteiger partial charge in [0.1, 0.15) is 0 Å². The van der Waals surface area contributed by atoms with Gasteiger partial charge in [-0.25, -0.2) is 0 Å². The first-order valence-corrected chi connectivity index (χ1v) is 9.58. The fourth-order valence-electron chi connectivity index (χ4n) is 4.01. The topological polar surface area (TPSA) is 12.5 Å². The standard InChI is InChI=1S/C25H20BNO/c1-19-11-10-18-24-25(19)26(28-21-14-6-3-7-15-21)22-16-8-9-17-23(22)27(24)20-12-4-2-5-13-20/h2-18H,1H3. The van der Waals surface area contributed by atoms with Crippen LogP contribution in [0.4, 0.5) is 17.1 Å². The summed E-state index contributed by atoms with van der Waals surface area (Å²) in [5.41, 5.74) is 7.11. The van der Waals surface area contributed by atoms with Crippen LogP contribution in [0.25, 0.3) is 0 Å². The zero-order valence-corrected chi connectivity index (χ0v) is 15.7. The molecule has 0 spiro atoms. The van der Waals surface area contributed by atoms with Gasteiger partial charge in [0.2, 0.25) is 0 Å². The van der Waals surface area contributed by atoms with Gasteiger partial charge in [0, 0.05) is 17.1 Å². The second kappa shape index (κ2) is 6.93. The van der Waals surface area contributed by atoms with Crippen molar-refractivity contribution in [3.63, 3.8) is 0 Å². The van der Waals surface area contributed by atoms with Crippen LogP contribution in [0.5, 0.6) is 5.75 Å². The first kappa shape index (κ1) is 16.7. The summed E-state index contributed by atoms with van der Waals surface area (Å²) >= 11 is 0. The third kappa shape index (κ3) is 2.76. The summed E-state index contributed by atoms with van der Waals surface area (Å²) in [6, 6.07) is 35.6. The van der Waals surface area contributed by atoms with Crippen molar-refractivity contribution >= 4 is 34.9 Å². The van der Waals surface area contributed by atoms with E-state index in [1.165, 1.54) is 22.2 Å². The van der Waals surface area contributed by atoms with Crippen molar-refractivity contribution in [3.05, 3.63) is 109 Å². The predicted octanol–water partition coefficient (Wildman–Crippen LogP) is 4.96. The summed E-state index contributed by atoms with van der Waals surface area (Å²) in [4.78, 5) is 2.34. The molecule has 4 aromatic rings. The van der Waals surface area contributed by atoms with Gasteiger partial charge in [-0.3, -0.25) is 0 Å². The van der Waals surface area contributed by atoms with E-state index in [9.17, 15) is 0 Å². The van der Waals surface area contributed by atoms with Crippen LogP contribution in [0.15, 0.2) is 103 Å². The number of benzene rings is 4. The van der Waals surface area contributed by atoms with E-state index >= 15 is 0 Å². The maximum absolute atomic E-state index is 6.55. The first-order valence-electron chi connectivity index (χ1n) is 9.58. The van der Waals surface area contributed by atoms with Crippen molar-refractivity contribution in [2.45, 2.75) is 6.92 Å². The van der Waals surface area contributed by atoms with E-state index in [1.807, 2.05) is 30.3 Å². The van der Waals surface area contributed by atoms with Crippen molar-refractivity contribution < 1.29 is 4.65 Å². The highest BCUT2D eigenvalue weighted by Crippen LogP contribution is 2.36. The molecule has 4 aromatic carbocycles. The van der Waals surface area contributed by atoms with Crippen molar-refractivity contribution in [1.29, 1.82) is 0 Å². The molecule has 0 amide bonds. The maximum Gasteiger partial charge on any atom is 0.431 e. The van der Waals surface area contributed by atoms with E-state index in [-0.39, 0.29) is 6.92 Å². The summed E-state index contributed by atoms with van der Waals surface area (Å²) in [7, 11) is 0. The van der Waals surface area contributed by atoms with Crippen molar-refractivity contribution in [3.8, 4) is 5.75 Å². The second-order valence-corrected chi connectivity index (χ2v) is 7.05. The van der Waals surface area contributed by atoms with E-state index in [4.69, 9.17) is 4.65 Å². The fourth-order valence-corrected chi connectivity index (χ4v) is 4.01. The zero-order valence-electron chi connectivity index (χ0n) is 15.7. The molecule has 0 bridgehead atoms. The summed E-state index contributed by atoms with van der Waals surface area (Å²) in [6.07, 6.45) is 0. The van der Waals surface area contributed by atoms with Gasteiger partial charge in [0.15, 0.2) is 0 Å². The minimum atomic E-state index is -0.144. The Kier molecular flexibility index (Phi) is 4.14. The van der Waals surface area contributed by atoms with Crippen LogP contribution >= 0.6 is 0 Å². The predicted molar refractivity (Wildman–Crippen MR) is 118 cm³/mol. The Morgan fingerprint density at radius 2 is 1.29 bits per heavy atom. The zero-order chi connectivity index (χ0) is 18.9. The normalized spacial score (nSPS) is 12.3. The number of aryl methyl sites for hydroxylation is 1. The molecule has 0 atom stereocenters. The van der Waals surface area contributed by atoms with Crippen LogP contribution in [0.1, 0.15) is 5.56 Å². The van der Waals surface area contributed by atoms with E-state index < -0.39 is 0 Å². The third-order valence-corrected chi connectivity index (χ3v) is 5.28. The Bertz CT molecular complexity index is 1110. The molecular weight excluding hydrogens is 341 g/mol. The lowest BCUT2D eigenvalue weighted by atomic mass is 9.51. The molecule has 1 aliphatic rings. The molecule has 0 aliphatic carbocycles. The molecule has 0 aromatic heterocycles. The van der Waals surface area contributed by atoms with Gasteiger partial charge in [-0.15, -0.1) is 0 Å². The molecule has 3 heteroatoms. The van der Waals surface area contributed by atoms with Gasteiger partial charge >= 0.3 is 6.92 Å².